The molecule has 1 aromatic carbocycles. The van der Waals surface area contributed by atoms with E-state index in [9.17, 15) is 13.2 Å². The number of nitrogens with one attached hydrogen (secondary N) is 2. The standard InChI is InChI=1S/C28H35N7O5S/c1-17-7-11-21(12-8-17)41(37,38)34-14-13-22-24(29-18(2)19-9-10-19)31-26(32-25(22)34)30-23-15-20(16-39-6)35(33-23)27(36)40-28(3,4)5/h7-8,11-15,18-19H,9-10,16H2,1-6H3,(H2,29,30,31,32,33). The Kier molecular flexibility index (Phi) is 7.51. The Morgan fingerprint density at radius 2 is 1.85 bits per heavy atom. The van der Waals surface area contributed by atoms with Crippen LogP contribution in [0.3, 0.4) is 0 Å². The van der Waals surface area contributed by atoms with Gasteiger partial charge < -0.3 is 20.1 Å². The van der Waals surface area contributed by atoms with Gasteiger partial charge in [-0.15, -0.1) is 5.10 Å². The summed E-state index contributed by atoms with van der Waals surface area (Å²) in [6.45, 7) is 9.39. The molecular weight excluding hydrogens is 546 g/mol. The number of nitrogens with zero attached hydrogens (tertiary/aromatic N) is 5. The number of anilines is 3. The lowest BCUT2D eigenvalue weighted by atomic mass is 10.2. The maximum Gasteiger partial charge on any atom is 0.435 e. The van der Waals surface area contributed by atoms with Crippen LogP contribution in [0.2, 0.25) is 0 Å². The molecule has 1 unspecified atom stereocenters. The van der Waals surface area contributed by atoms with Gasteiger partial charge in [0.1, 0.15) is 11.4 Å². The second-order valence-electron chi connectivity index (χ2n) is 11.3. The van der Waals surface area contributed by atoms with Gasteiger partial charge in [0, 0.05) is 25.4 Å². The van der Waals surface area contributed by atoms with Crippen LogP contribution in [0.1, 0.15) is 51.8 Å². The number of aromatic nitrogens is 5. The van der Waals surface area contributed by atoms with Gasteiger partial charge in [-0.25, -0.2) is 17.2 Å². The van der Waals surface area contributed by atoms with E-state index < -0.39 is 21.7 Å². The summed E-state index contributed by atoms with van der Waals surface area (Å²) in [6, 6.07) is 10.1. The molecule has 218 valence electrons. The van der Waals surface area contributed by atoms with Crippen molar-refractivity contribution in [2.75, 3.05) is 17.7 Å². The van der Waals surface area contributed by atoms with Crippen LogP contribution >= 0.6 is 0 Å². The molecule has 5 rings (SSSR count). The van der Waals surface area contributed by atoms with Gasteiger partial charge in [0.05, 0.1) is 22.6 Å². The molecule has 0 amide bonds. The molecule has 1 saturated carbocycles. The Labute approximate surface area is 239 Å². The Morgan fingerprint density at radius 1 is 1.15 bits per heavy atom. The summed E-state index contributed by atoms with van der Waals surface area (Å²) >= 11 is 0. The van der Waals surface area contributed by atoms with Gasteiger partial charge in [0.25, 0.3) is 10.0 Å². The fourth-order valence-electron chi connectivity index (χ4n) is 4.41. The van der Waals surface area contributed by atoms with E-state index in [1.807, 2.05) is 6.92 Å². The summed E-state index contributed by atoms with van der Waals surface area (Å²) in [4.78, 5) is 22.2. The van der Waals surface area contributed by atoms with E-state index in [2.05, 4.69) is 32.6 Å². The zero-order valence-corrected chi connectivity index (χ0v) is 24.8. The number of benzene rings is 1. The van der Waals surface area contributed by atoms with Crippen molar-refractivity contribution in [1.29, 1.82) is 0 Å². The molecule has 12 nitrogen and oxygen atoms in total. The van der Waals surface area contributed by atoms with E-state index >= 15 is 0 Å². The topological polar surface area (TPSA) is 142 Å². The average molecular weight is 582 g/mol. The largest absolute Gasteiger partial charge is 0.442 e. The SMILES string of the molecule is COCc1cc(Nc2nc(NC(C)C3CC3)c3ccn(S(=O)(=O)c4ccc(C)cc4)c3n2)nn1C(=O)OC(C)(C)C. The lowest BCUT2D eigenvalue weighted by molar-refractivity contribution is 0.0497. The zero-order chi connectivity index (χ0) is 29.5. The van der Waals surface area contributed by atoms with E-state index in [0.29, 0.717) is 22.8 Å². The molecule has 13 heteroatoms. The third-order valence-corrected chi connectivity index (χ3v) is 8.34. The van der Waals surface area contributed by atoms with Crippen molar-refractivity contribution >= 4 is 44.7 Å². The normalized spacial score (nSPS) is 14.7. The van der Waals surface area contributed by atoms with Crippen molar-refractivity contribution in [3.05, 3.63) is 53.9 Å². The molecule has 3 heterocycles. The molecule has 0 spiro atoms. The summed E-state index contributed by atoms with van der Waals surface area (Å²) in [7, 11) is -2.43. The summed E-state index contributed by atoms with van der Waals surface area (Å²) in [5.74, 6) is 1.40. The number of hydrogen-bond acceptors (Lipinski definition) is 10. The third-order valence-electron chi connectivity index (χ3n) is 6.66. The molecule has 3 aromatic heterocycles. The van der Waals surface area contributed by atoms with Gasteiger partial charge in [-0.2, -0.15) is 14.6 Å². The van der Waals surface area contributed by atoms with E-state index in [0.717, 1.165) is 27.1 Å². The number of aryl methyl sites for hydroxylation is 1. The van der Waals surface area contributed by atoms with Crippen LogP contribution < -0.4 is 10.6 Å². The first-order chi connectivity index (χ1) is 19.4. The number of carbonyl (C=O) groups excluding carboxylic acids is 1. The van der Waals surface area contributed by atoms with Crippen molar-refractivity contribution in [3.63, 3.8) is 0 Å². The average Bonchev–Trinajstić information content (AvgIpc) is 3.53. The highest BCUT2D eigenvalue weighted by molar-refractivity contribution is 7.90. The minimum absolute atomic E-state index is 0.108. The van der Waals surface area contributed by atoms with E-state index in [1.54, 1.807) is 57.2 Å². The Hall–Kier alpha value is -3.97. The minimum Gasteiger partial charge on any atom is -0.442 e. The maximum atomic E-state index is 13.6. The molecule has 1 fully saturated rings. The predicted molar refractivity (Wildman–Crippen MR) is 155 cm³/mol. The molecular formula is C28H35N7O5S. The van der Waals surface area contributed by atoms with Crippen molar-refractivity contribution in [3.8, 4) is 0 Å². The molecule has 0 bridgehead atoms. The predicted octanol–water partition coefficient (Wildman–Crippen LogP) is 5.06. The second-order valence-corrected chi connectivity index (χ2v) is 13.1. The second kappa shape index (κ2) is 10.8. The van der Waals surface area contributed by atoms with Crippen LogP contribution in [0.4, 0.5) is 22.4 Å². The number of hydrogen-bond donors (Lipinski definition) is 2. The maximum absolute atomic E-state index is 13.6. The van der Waals surface area contributed by atoms with E-state index in [1.165, 1.54) is 13.3 Å². The third kappa shape index (κ3) is 6.20. The summed E-state index contributed by atoms with van der Waals surface area (Å²) in [6.07, 6.45) is 3.08. The first-order valence-corrected chi connectivity index (χ1v) is 14.9. The van der Waals surface area contributed by atoms with Crippen LogP contribution in [0.15, 0.2) is 47.5 Å². The van der Waals surface area contributed by atoms with Crippen molar-refractivity contribution in [2.24, 2.45) is 5.92 Å². The number of fused-ring (bicyclic) bond motifs is 1. The van der Waals surface area contributed by atoms with Crippen LogP contribution in [0, 0.1) is 12.8 Å². The van der Waals surface area contributed by atoms with Gasteiger partial charge in [-0.3, -0.25) is 0 Å². The number of carbonyl (C=O) groups is 1. The quantitative estimate of drug-likeness (QED) is 0.275. The van der Waals surface area contributed by atoms with Gasteiger partial charge in [-0.1, -0.05) is 17.7 Å². The molecule has 41 heavy (non-hydrogen) atoms. The number of methoxy groups -OCH3 is 1. The van der Waals surface area contributed by atoms with Gasteiger partial charge >= 0.3 is 6.09 Å². The summed E-state index contributed by atoms with van der Waals surface area (Å²) in [5, 5.41) is 11.4. The van der Waals surface area contributed by atoms with E-state index in [-0.39, 0.29) is 35.0 Å². The Morgan fingerprint density at radius 3 is 2.49 bits per heavy atom. The lowest BCUT2D eigenvalue weighted by Gasteiger charge is -2.19. The molecule has 0 radical (unpaired) electrons. The van der Waals surface area contributed by atoms with Crippen molar-refractivity contribution in [1.82, 2.24) is 23.7 Å². The fraction of sp³-hybridized carbons (Fsp3) is 0.429. The number of ether oxygens (including phenoxy) is 2. The highest BCUT2D eigenvalue weighted by Gasteiger charge is 2.30. The molecule has 1 aliphatic carbocycles. The summed E-state index contributed by atoms with van der Waals surface area (Å²) < 4.78 is 40.3. The van der Waals surface area contributed by atoms with Crippen LogP contribution in [-0.2, 0) is 26.1 Å². The first-order valence-electron chi connectivity index (χ1n) is 13.4. The molecule has 0 aliphatic heterocycles. The van der Waals surface area contributed by atoms with Crippen molar-refractivity contribution < 1.29 is 22.7 Å². The highest BCUT2D eigenvalue weighted by Crippen LogP contribution is 2.35. The zero-order valence-electron chi connectivity index (χ0n) is 24.0. The molecule has 2 N–H and O–H groups in total. The smallest absolute Gasteiger partial charge is 0.435 e. The van der Waals surface area contributed by atoms with E-state index in [4.69, 9.17) is 9.47 Å². The van der Waals surface area contributed by atoms with Crippen LogP contribution in [-0.4, -0.2) is 57.0 Å². The highest BCUT2D eigenvalue weighted by atomic mass is 32.2. The van der Waals surface area contributed by atoms with Gasteiger partial charge in [0.15, 0.2) is 11.5 Å². The number of rotatable bonds is 9. The molecule has 0 saturated heterocycles. The Bertz CT molecular complexity index is 1680. The fourth-order valence-corrected chi connectivity index (χ4v) is 5.71. The van der Waals surface area contributed by atoms with Gasteiger partial charge in [-0.05, 0) is 71.6 Å². The molecule has 4 aromatic rings. The summed E-state index contributed by atoms with van der Waals surface area (Å²) in [5.41, 5.74) is 0.894. The Balaban J connectivity index is 1.57. The lowest BCUT2D eigenvalue weighted by Crippen LogP contribution is -2.28. The van der Waals surface area contributed by atoms with Gasteiger partial charge in [0.2, 0.25) is 5.95 Å². The molecule has 1 aliphatic rings. The van der Waals surface area contributed by atoms with Crippen LogP contribution in [0.5, 0.6) is 0 Å². The molecule has 1 atom stereocenters. The monoisotopic (exact) mass is 581 g/mol. The van der Waals surface area contributed by atoms with Crippen molar-refractivity contribution in [2.45, 2.75) is 70.6 Å². The minimum atomic E-state index is -3.94. The first kappa shape index (κ1) is 28.6. The van der Waals surface area contributed by atoms with Crippen LogP contribution in [0.25, 0.3) is 11.0 Å².